The second kappa shape index (κ2) is 4.58. The van der Waals surface area contributed by atoms with Crippen LogP contribution in [0.2, 0.25) is 0 Å². The van der Waals surface area contributed by atoms with Gasteiger partial charge in [-0.3, -0.25) is 9.36 Å². The first-order valence-electron chi connectivity index (χ1n) is 5.77. The van der Waals surface area contributed by atoms with Crippen LogP contribution in [0.15, 0.2) is 20.7 Å². The Kier molecular flexibility index (Phi) is 3.37. The molecule has 8 nitrogen and oxygen atoms in total. The van der Waals surface area contributed by atoms with Gasteiger partial charge in [0.25, 0.3) is 5.56 Å². The molecule has 0 saturated carbocycles. The quantitative estimate of drug-likeness (QED) is 0.665. The minimum atomic E-state index is -3.90. The third-order valence-corrected chi connectivity index (χ3v) is 5.07. The summed E-state index contributed by atoms with van der Waals surface area (Å²) < 4.78 is 27.8. The first-order valence-corrected chi connectivity index (χ1v) is 7.21. The highest BCUT2D eigenvalue weighted by Gasteiger charge is 2.33. The third-order valence-electron chi connectivity index (χ3n) is 3.22. The summed E-state index contributed by atoms with van der Waals surface area (Å²) in [7, 11) is -1.26. The van der Waals surface area contributed by atoms with Crippen LogP contribution in [-0.2, 0) is 24.1 Å². The first-order chi connectivity index (χ1) is 8.75. The van der Waals surface area contributed by atoms with Crippen molar-refractivity contribution >= 4 is 10.0 Å². The average molecular weight is 288 g/mol. The molecule has 1 aromatic rings. The standard InChI is InChI=1S/C10H16N4O4S/c1-12-6-8(9(15)13(2)10(12)16)19(17,18)14-4-3-7(11)5-14/h6-7H,3-5,11H2,1-2H3/t7-/m0/s1. The van der Waals surface area contributed by atoms with Gasteiger partial charge in [-0.25, -0.2) is 13.2 Å². The molecule has 0 unspecified atom stereocenters. The molecule has 0 spiro atoms. The van der Waals surface area contributed by atoms with E-state index in [-0.39, 0.29) is 19.1 Å². The third kappa shape index (κ3) is 2.24. The maximum atomic E-state index is 12.4. The van der Waals surface area contributed by atoms with E-state index in [0.717, 1.165) is 15.3 Å². The number of sulfonamides is 1. The van der Waals surface area contributed by atoms with Crippen molar-refractivity contribution in [3.63, 3.8) is 0 Å². The van der Waals surface area contributed by atoms with Crippen LogP contribution >= 0.6 is 0 Å². The van der Waals surface area contributed by atoms with Crippen LogP contribution in [0.5, 0.6) is 0 Å². The van der Waals surface area contributed by atoms with Gasteiger partial charge in [0.05, 0.1) is 0 Å². The maximum Gasteiger partial charge on any atom is 0.330 e. The monoisotopic (exact) mass is 288 g/mol. The molecular formula is C10H16N4O4S. The Labute approximate surface area is 110 Å². The van der Waals surface area contributed by atoms with E-state index < -0.39 is 26.2 Å². The Bertz CT molecular complexity index is 718. The minimum absolute atomic E-state index is 0.189. The van der Waals surface area contributed by atoms with Gasteiger partial charge in [-0.15, -0.1) is 0 Å². The smallest absolute Gasteiger partial charge is 0.326 e. The van der Waals surface area contributed by atoms with Crippen molar-refractivity contribution in [1.82, 2.24) is 13.4 Å². The summed E-state index contributed by atoms with van der Waals surface area (Å²) >= 11 is 0. The molecule has 0 radical (unpaired) electrons. The lowest BCUT2D eigenvalue weighted by molar-refractivity contribution is 0.468. The largest absolute Gasteiger partial charge is 0.330 e. The van der Waals surface area contributed by atoms with Crippen molar-refractivity contribution < 1.29 is 8.42 Å². The zero-order valence-corrected chi connectivity index (χ0v) is 11.6. The number of aromatic nitrogens is 2. The molecule has 0 amide bonds. The zero-order chi connectivity index (χ0) is 14.4. The summed E-state index contributed by atoms with van der Waals surface area (Å²) in [5, 5.41) is 0. The molecule has 2 rings (SSSR count). The Hall–Kier alpha value is -1.45. The second-order valence-corrected chi connectivity index (χ2v) is 6.57. The molecule has 1 aliphatic rings. The van der Waals surface area contributed by atoms with E-state index in [1.165, 1.54) is 18.4 Å². The molecule has 19 heavy (non-hydrogen) atoms. The van der Waals surface area contributed by atoms with E-state index >= 15 is 0 Å². The predicted octanol–water partition coefficient (Wildman–Crippen LogP) is -2.19. The van der Waals surface area contributed by atoms with Crippen molar-refractivity contribution in [3.8, 4) is 0 Å². The minimum Gasteiger partial charge on any atom is -0.326 e. The van der Waals surface area contributed by atoms with E-state index in [4.69, 9.17) is 5.73 Å². The molecule has 1 fully saturated rings. The van der Waals surface area contributed by atoms with Gasteiger partial charge in [-0.2, -0.15) is 4.31 Å². The number of aryl methyl sites for hydroxylation is 1. The van der Waals surface area contributed by atoms with Crippen molar-refractivity contribution in [1.29, 1.82) is 0 Å². The number of rotatable bonds is 2. The van der Waals surface area contributed by atoms with Crippen molar-refractivity contribution in [2.45, 2.75) is 17.4 Å². The summed E-state index contributed by atoms with van der Waals surface area (Å²) in [6, 6.07) is -0.217. The van der Waals surface area contributed by atoms with E-state index in [9.17, 15) is 18.0 Å². The highest BCUT2D eigenvalue weighted by molar-refractivity contribution is 7.89. The van der Waals surface area contributed by atoms with Gasteiger partial charge in [0.1, 0.15) is 0 Å². The molecule has 1 aromatic heterocycles. The lowest BCUT2D eigenvalue weighted by Crippen LogP contribution is -2.42. The van der Waals surface area contributed by atoms with Crippen LogP contribution in [0.4, 0.5) is 0 Å². The predicted molar refractivity (Wildman–Crippen MR) is 68.3 cm³/mol. The Morgan fingerprint density at radius 3 is 2.47 bits per heavy atom. The molecule has 0 bridgehead atoms. The Balaban J connectivity index is 2.60. The fourth-order valence-electron chi connectivity index (χ4n) is 2.06. The molecule has 9 heteroatoms. The van der Waals surface area contributed by atoms with E-state index in [1.807, 2.05) is 0 Å². The number of nitrogens with zero attached hydrogens (tertiary/aromatic N) is 3. The number of nitrogens with two attached hydrogens (primary N) is 1. The molecule has 1 saturated heterocycles. The molecule has 2 N–H and O–H groups in total. The molecule has 1 atom stereocenters. The Morgan fingerprint density at radius 1 is 1.32 bits per heavy atom. The van der Waals surface area contributed by atoms with E-state index in [2.05, 4.69) is 0 Å². The van der Waals surface area contributed by atoms with Crippen LogP contribution < -0.4 is 17.0 Å². The molecular weight excluding hydrogens is 272 g/mol. The first kappa shape index (κ1) is 14.0. The summed E-state index contributed by atoms with van der Waals surface area (Å²) in [6.07, 6.45) is 1.62. The van der Waals surface area contributed by atoms with E-state index in [1.54, 1.807) is 0 Å². The van der Waals surface area contributed by atoms with Crippen LogP contribution in [0.3, 0.4) is 0 Å². The van der Waals surface area contributed by atoms with Gasteiger partial charge in [0, 0.05) is 39.4 Å². The highest BCUT2D eigenvalue weighted by atomic mass is 32.2. The van der Waals surface area contributed by atoms with Crippen molar-refractivity contribution in [2.24, 2.45) is 19.8 Å². The summed E-state index contributed by atoms with van der Waals surface area (Å²) in [5.41, 5.74) is 4.29. The fraction of sp³-hybridized carbons (Fsp3) is 0.600. The zero-order valence-electron chi connectivity index (χ0n) is 10.7. The topological polar surface area (TPSA) is 107 Å². The molecule has 0 aliphatic carbocycles. The molecule has 1 aliphatic heterocycles. The van der Waals surface area contributed by atoms with Crippen molar-refractivity contribution in [2.75, 3.05) is 13.1 Å². The number of hydrogen-bond donors (Lipinski definition) is 1. The second-order valence-electron chi connectivity index (χ2n) is 4.66. The van der Waals surface area contributed by atoms with Crippen molar-refractivity contribution in [3.05, 3.63) is 27.0 Å². The van der Waals surface area contributed by atoms with Gasteiger partial charge in [-0.05, 0) is 6.42 Å². The van der Waals surface area contributed by atoms with Crippen LogP contribution in [0.25, 0.3) is 0 Å². The van der Waals surface area contributed by atoms with Gasteiger partial charge in [0.15, 0.2) is 4.90 Å². The van der Waals surface area contributed by atoms with Gasteiger partial charge >= 0.3 is 5.69 Å². The van der Waals surface area contributed by atoms with Crippen LogP contribution in [-0.4, -0.2) is 41.0 Å². The molecule has 2 heterocycles. The Morgan fingerprint density at radius 2 is 1.95 bits per heavy atom. The van der Waals surface area contributed by atoms with Gasteiger partial charge < -0.3 is 10.3 Å². The summed E-state index contributed by atoms with van der Waals surface area (Å²) in [6.45, 7) is 0.476. The maximum absolute atomic E-state index is 12.4. The van der Waals surface area contributed by atoms with Crippen LogP contribution in [0, 0.1) is 0 Å². The highest BCUT2D eigenvalue weighted by Crippen LogP contribution is 2.17. The number of hydrogen-bond acceptors (Lipinski definition) is 5. The SMILES string of the molecule is Cn1cc(S(=O)(=O)N2CC[C@H](N)C2)c(=O)n(C)c1=O. The molecule has 106 valence electrons. The lowest BCUT2D eigenvalue weighted by atomic mass is 10.3. The summed E-state index contributed by atoms with van der Waals surface area (Å²) in [4.78, 5) is 23.1. The normalized spacial score (nSPS) is 20.9. The van der Waals surface area contributed by atoms with Gasteiger partial charge in [-0.1, -0.05) is 0 Å². The fourth-order valence-corrected chi connectivity index (χ4v) is 3.72. The average Bonchev–Trinajstić information content (AvgIpc) is 2.78. The van der Waals surface area contributed by atoms with Gasteiger partial charge in [0.2, 0.25) is 10.0 Å². The van der Waals surface area contributed by atoms with E-state index in [0.29, 0.717) is 6.42 Å². The lowest BCUT2D eigenvalue weighted by Gasteiger charge is -2.16. The van der Waals surface area contributed by atoms with Crippen LogP contribution in [0.1, 0.15) is 6.42 Å². The molecule has 0 aromatic carbocycles. The summed E-state index contributed by atoms with van der Waals surface area (Å²) in [5.74, 6) is 0.